The summed E-state index contributed by atoms with van der Waals surface area (Å²) >= 11 is 0. The van der Waals surface area contributed by atoms with Gasteiger partial charge in [0, 0.05) is 17.7 Å². The van der Waals surface area contributed by atoms with Crippen molar-refractivity contribution in [2.24, 2.45) is 5.73 Å². The summed E-state index contributed by atoms with van der Waals surface area (Å²) in [4.78, 5) is 10.4. The molecule has 16 heavy (non-hydrogen) atoms. The molecular weight excluding hydrogens is 208 g/mol. The zero-order chi connectivity index (χ0) is 12.1. The van der Waals surface area contributed by atoms with E-state index in [-0.39, 0.29) is 16.7 Å². The average Bonchev–Trinajstić information content (AvgIpc) is 2.25. The van der Waals surface area contributed by atoms with E-state index in [1.165, 1.54) is 13.2 Å². The van der Waals surface area contributed by atoms with E-state index < -0.39 is 0 Å². The second-order valence-corrected chi connectivity index (χ2v) is 3.77. The van der Waals surface area contributed by atoms with Gasteiger partial charge in [0.25, 0.3) is 5.69 Å². The van der Waals surface area contributed by atoms with Gasteiger partial charge in [-0.3, -0.25) is 10.1 Å². The first kappa shape index (κ1) is 12.4. The molecule has 1 aromatic carbocycles. The largest absolute Gasteiger partial charge is 0.497 e. The second kappa shape index (κ2) is 5.46. The summed E-state index contributed by atoms with van der Waals surface area (Å²) in [6.07, 6.45) is 1.30. The summed E-state index contributed by atoms with van der Waals surface area (Å²) < 4.78 is 5.04. The summed E-state index contributed by atoms with van der Waals surface area (Å²) in [5.74, 6) is 0.630. The molecule has 2 N–H and O–H groups in total. The van der Waals surface area contributed by atoms with E-state index in [0.717, 1.165) is 0 Å². The molecule has 1 atom stereocenters. The van der Waals surface area contributed by atoms with Crippen molar-refractivity contribution in [3.8, 4) is 5.75 Å². The van der Waals surface area contributed by atoms with Crippen LogP contribution < -0.4 is 10.5 Å². The predicted molar refractivity (Wildman–Crippen MR) is 61.6 cm³/mol. The summed E-state index contributed by atoms with van der Waals surface area (Å²) in [6, 6.07) is 4.79. The maximum atomic E-state index is 10.8. The molecule has 1 aromatic rings. The summed E-state index contributed by atoms with van der Waals surface area (Å²) in [5.41, 5.74) is 6.43. The Morgan fingerprint density at radius 1 is 1.56 bits per heavy atom. The number of hydrogen-bond acceptors (Lipinski definition) is 4. The number of hydrogen-bond donors (Lipinski definition) is 1. The number of nitro benzene ring substituents is 1. The summed E-state index contributed by atoms with van der Waals surface area (Å²) in [7, 11) is 1.54. The Balaban J connectivity index is 2.96. The van der Waals surface area contributed by atoms with Crippen LogP contribution in [0.3, 0.4) is 0 Å². The molecule has 0 radical (unpaired) electrons. The van der Waals surface area contributed by atoms with Gasteiger partial charge in [0.1, 0.15) is 5.75 Å². The first-order valence-corrected chi connectivity index (χ1v) is 5.11. The second-order valence-electron chi connectivity index (χ2n) is 3.77. The fraction of sp³-hybridized carbons (Fsp3) is 0.455. The number of nitro groups is 1. The molecule has 0 saturated carbocycles. The summed E-state index contributed by atoms with van der Waals surface area (Å²) in [6.45, 7) is 1.88. The quantitative estimate of drug-likeness (QED) is 0.611. The molecule has 5 nitrogen and oxygen atoms in total. The number of aryl methyl sites for hydroxylation is 1. The summed E-state index contributed by atoms with van der Waals surface area (Å²) in [5, 5.41) is 10.8. The Hall–Kier alpha value is -1.62. The lowest BCUT2D eigenvalue weighted by atomic mass is 10.0. The minimum absolute atomic E-state index is 0.0332. The molecule has 0 aliphatic rings. The molecule has 0 aliphatic heterocycles. The first-order chi connectivity index (χ1) is 7.54. The van der Waals surface area contributed by atoms with Crippen molar-refractivity contribution >= 4 is 5.69 Å². The zero-order valence-corrected chi connectivity index (χ0v) is 9.47. The molecule has 0 unspecified atom stereocenters. The van der Waals surface area contributed by atoms with Gasteiger partial charge in [-0.1, -0.05) is 0 Å². The number of methoxy groups -OCH3 is 1. The van der Waals surface area contributed by atoms with Crippen LogP contribution in [0.15, 0.2) is 18.2 Å². The van der Waals surface area contributed by atoms with Crippen molar-refractivity contribution in [2.75, 3.05) is 7.11 Å². The van der Waals surface area contributed by atoms with Crippen molar-refractivity contribution in [1.29, 1.82) is 0 Å². The molecular formula is C11H16N2O3. The number of benzene rings is 1. The fourth-order valence-corrected chi connectivity index (χ4v) is 1.45. The van der Waals surface area contributed by atoms with Crippen LogP contribution in [-0.4, -0.2) is 18.1 Å². The van der Waals surface area contributed by atoms with Crippen molar-refractivity contribution in [3.05, 3.63) is 33.9 Å². The van der Waals surface area contributed by atoms with Crippen LogP contribution in [0, 0.1) is 10.1 Å². The molecule has 0 amide bonds. The van der Waals surface area contributed by atoms with Crippen molar-refractivity contribution in [2.45, 2.75) is 25.8 Å². The van der Waals surface area contributed by atoms with Crippen molar-refractivity contribution in [3.63, 3.8) is 0 Å². The molecule has 0 bridgehead atoms. The Morgan fingerprint density at radius 2 is 2.25 bits per heavy atom. The third-order valence-electron chi connectivity index (χ3n) is 2.35. The van der Waals surface area contributed by atoms with Crippen LogP contribution >= 0.6 is 0 Å². The number of nitrogens with zero attached hydrogens (tertiary/aromatic N) is 1. The normalized spacial score (nSPS) is 12.2. The van der Waals surface area contributed by atoms with Gasteiger partial charge in [-0.05, 0) is 31.9 Å². The van der Waals surface area contributed by atoms with Gasteiger partial charge in [0.15, 0.2) is 0 Å². The topological polar surface area (TPSA) is 78.4 Å². The van der Waals surface area contributed by atoms with E-state index in [2.05, 4.69) is 0 Å². The van der Waals surface area contributed by atoms with Crippen LogP contribution in [0.25, 0.3) is 0 Å². The van der Waals surface area contributed by atoms with Gasteiger partial charge in [-0.25, -0.2) is 0 Å². The Kier molecular flexibility index (Phi) is 4.25. The smallest absolute Gasteiger partial charge is 0.272 e. The minimum atomic E-state index is -0.379. The molecule has 0 saturated heterocycles. The molecule has 1 rings (SSSR count). The fourth-order valence-electron chi connectivity index (χ4n) is 1.45. The molecule has 0 aliphatic carbocycles. The predicted octanol–water partition coefficient (Wildman–Crippen LogP) is 1.88. The number of nitrogens with two attached hydrogens (primary N) is 1. The zero-order valence-electron chi connectivity index (χ0n) is 9.47. The Morgan fingerprint density at radius 3 is 2.75 bits per heavy atom. The molecule has 88 valence electrons. The highest BCUT2D eigenvalue weighted by atomic mass is 16.6. The highest BCUT2D eigenvalue weighted by molar-refractivity contribution is 5.45. The highest BCUT2D eigenvalue weighted by Crippen LogP contribution is 2.25. The van der Waals surface area contributed by atoms with Gasteiger partial charge in [0.2, 0.25) is 0 Å². The third kappa shape index (κ3) is 3.20. The van der Waals surface area contributed by atoms with Gasteiger partial charge in [0.05, 0.1) is 12.0 Å². The van der Waals surface area contributed by atoms with Crippen LogP contribution in [0.2, 0.25) is 0 Å². The van der Waals surface area contributed by atoms with Gasteiger partial charge in [-0.2, -0.15) is 0 Å². The molecule has 0 heterocycles. The molecule has 0 fully saturated rings. The van der Waals surface area contributed by atoms with Crippen molar-refractivity contribution < 1.29 is 9.66 Å². The SMILES string of the molecule is COc1ccc([N+](=O)[O-])c(CC[C@H](C)N)c1. The van der Waals surface area contributed by atoms with E-state index in [4.69, 9.17) is 10.5 Å². The van der Waals surface area contributed by atoms with Crippen LogP contribution in [0.4, 0.5) is 5.69 Å². The van der Waals surface area contributed by atoms with Gasteiger partial charge < -0.3 is 10.5 Å². The van der Waals surface area contributed by atoms with E-state index in [1.54, 1.807) is 12.1 Å². The van der Waals surface area contributed by atoms with Crippen LogP contribution in [-0.2, 0) is 6.42 Å². The third-order valence-corrected chi connectivity index (χ3v) is 2.35. The number of rotatable bonds is 5. The van der Waals surface area contributed by atoms with Crippen LogP contribution in [0.1, 0.15) is 18.9 Å². The maximum absolute atomic E-state index is 10.8. The first-order valence-electron chi connectivity index (χ1n) is 5.11. The number of ether oxygens (including phenoxy) is 1. The van der Waals surface area contributed by atoms with E-state index >= 15 is 0 Å². The van der Waals surface area contributed by atoms with E-state index in [1.807, 2.05) is 6.92 Å². The molecule has 0 aromatic heterocycles. The average molecular weight is 224 g/mol. The highest BCUT2D eigenvalue weighted by Gasteiger charge is 2.14. The van der Waals surface area contributed by atoms with Crippen LogP contribution in [0.5, 0.6) is 5.75 Å². The standard InChI is InChI=1S/C11H16N2O3/c1-8(12)3-4-9-7-10(16-2)5-6-11(9)13(14)15/h5-8H,3-4,12H2,1-2H3/t8-/m0/s1. The lowest BCUT2D eigenvalue weighted by molar-refractivity contribution is -0.385. The monoisotopic (exact) mass is 224 g/mol. The maximum Gasteiger partial charge on any atom is 0.272 e. The minimum Gasteiger partial charge on any atom is -0.497 e. The Labute approximate surface area is 94.4 Å². The molecule has 5 heteroatoms. The van der Waals surface area contributed by atoms with E-state index in [9.17, 15) is 10.1 Å². The lowest BCUT2D eigenvalue weighted by Gasteiger charge is -2.07. The Bertz CT molecular complexity index is 377. The van der Waals surface area contributed by atoms with E-state index in [0.29, 0.717) is 24.2 Å². The van der Waals surface area contributed by atoms with Crippen molar-refractivity contribution in [1.82, 2.24) is 0 Å². The lowest BCUT2D eigenvalue weighted by Crippen LogP contribution is -2.15. The molecule has 0 spiro atoms. The van der Waals surface area contributed by atoms with Gasteiger partial charge in [-0.15, -0.1) is 0 Å². The van der Waals surface area contributed by atoms with Gasteiger partial charge >= 0.3 is 0 Å².